The van der Waals surface area contributed by atoms with Crippen LogP contribution < -0.4 is 14.5 Å². The molecule has 4 rings (SSSR count). The number of hydrogen-bond acceptors (Lipinski definition) is 5. The summed E-state index contributed by atoms with van der Waals surface area (Å²) in [6, 6.07) is 15.4. The number of carbonyl (C=O) groups excluding carboxylic acids is 2. The molecule has 3 aromatic rings. The molecule has 0 saturated carbocycles. The molecule has 0 aromatic heterocycles. The molecule has 3 aromatic carbocycles. The van der Waals surface area contributed by atoms with Crippen molar-refractivity contribution in [3.63, 3.8) is 0 Å². The summed E-state index contributed by atoms with van der Waals surface area (Å²) in [7, 11) is 0. The first kappa shape index (κ1) is 27.8. The predicted octanol–water partition coefficient (Wildman–Crippen LogP) is 6.47. The Hall–Kier alpha value is -4.20. The largest absolute Gasteiger partial charge is 0.507 e. The van der Waals surface area contributed by atoms with Crippen LogP contribution in [0.15, 0.2) is 72.3 Å². The van der Waals surface area contributed by atoms with Crippen molar-refractivity contribution in [2.24, 2.45) is 5.92 Å². The first-order valence-corrected chi connectivity index (χ1v) is 13.0. The van der Waals surface area contributed by atoms with Crippen LogP contribution in [0.5, 0.6) is 5.75 Å². The highest BCUT2D eigenvalue weighted by atomic mass is 19.1. The molecular formula is C31H32F2N2O4. The monoisotopic (exact) mass is 534 g/mol. The lowest BCUT2D eigenvalue weighted by molar-refractivity contribution is -0.132. The number of Topliss-reactive ketones (excluding diaryl/α,β-unsaturated/α-hetero) is 1. The van der Waals surface area contributed by atoms with Crippen molar-refractivity contribution in [2.45, 2.75) is 33.7 Å². The second kappa shape index (κ2) is 11.7. The molecular weight excluding hydrogens is 502 g/mol. The van der Waals surface area contributed by atoms with Crippen LogP contribution >= 0.6 is 0 Å². The average Bonchev–Trinajstić information content (AvgIpc) is 3.18. The van der Waals surface area contributed by atoms with Crippen molar-refractivity contribution in [2.75, 3.05) is 29.5 Å². The summed E-state index contributed by atoms with van der Waals surface area (Å²) < 4.78 is 34.3. The maximum atomic E-state index is 14.9. The number of ketones is 1. The van der Waals surface area contributed by atoms with Gasteiger partial charge in [0.1, 0.15) is 23.1 Å². The fourth-order valence-electron chi connectivity index (χ4n) is 4.66. The molecule has 1 heterocycles. The number of benzene rings is 3. The van der Waals surface area contributed by atoms with Gasteiger partial charge in [-0.05, 0) is 73.9 Å². The normalized spacial score (nSPS) is 16.7. The van der Waals surface area contributed by atoms with Crippen LogP contribution in [0, 0.1) is 17.6 Å². The van der Waals surface area contributed by atoms with Gasteiger partial charge in [0.25, 0.3) is 11.7 Å². The van der Waals surface area contributed by atoms with Gasteiger partial charge in [-0.2, -0.15) is 0 Å². The topological polar surface area (TPSA) is 70.1 Å². The maximum Gasteiger partial charge on any atom is 0.300 e. The zero-order valence-electron chi connectivity index (χ0n) is 22.4. The molecule has 1 atom stereocenters. The molecule has 0 radical (unpaired) electrons. The molecule has 0 spiro atoms. The van der Waals surface area contributed by atoms with Gasteiger partial charge in [-0.15, -0.1) is 0 Å². The van der Waals surface area contributed by atoms with Crippen LogP contribution in [0.25, 0.3) is 5.76 Å². The van der Waals surface area contributed by atoms with E-state index in [9.17, 15) is 23.5 Å². The number of hydrogen-bond donors (Lipinski definition) is 1. The maximum absolute atomic E-state index is 14.9. The Morgan fingerprint density at radius 1 is 0.974 bits per heavy atom. The minimum Gasteiger partial charge on any atom is -0.507 e. The fourth-order valence-corrected chi connectivity index (χ4v) is 4.66. The van der Waals surface area contributed by atoms with Crippen molar-refractivity contribution < 1.29 is 28.2 Å². The van der Waals surface area contributed by atoms with Crippen molar-refractivity contribution in [1.82, 2.24) is 0 Å². The first-order chi connectivity index (χ1) is 18.7. The number of aliphatic hydroxyl groups excluding tert-OH is 1. The molecule has 204 valence electrons. The number of amides is 1. The Bertz CT molecular complexity index is 1380. The highest BCUT2D eigenvalue weighted by Crippen LogP contribution is 2.43. The average molecular weight is 535 g/mol. The van der Waals surface area contributed by atoms with Crippen LogP contribution in [-0.2, 0) is 9.59 Å². The fraction of sp³-hybridized carbons (Fsp3) is 0.290. The smallest absolute Gasteiger partial charge is 0.300 e. The lowest BCUT2D eigenvalue weighted by Gasteiger charge is -2.27. The van der Waals surface area contributed by atoms with Crippen LogP contribution in [-0.4, -0.2) is 36.5 Å². The van der Waals surface area contributed by atoms with Crippen LogP contribution in [0.3, 0.4) is 0 Å². The lowest BCUT2D eigenvalue weighted by atomic mass is 9.94. The molecule has 1 aliphatic rings. The Labute approximate surface area is 227 Å². The summed E-state index contributed by atoms with van der Waals surface area (Å²) in [4.78, 5) is 29.7. The number of nitrogens with zero attached hydrogens (tertiary/aromatic N) is 2. The van der Waals surface area contributed by atoms with Crippen molar-refractivity contribution >= 4 is 28.8 Å². The summed E-state index contributed by atoms with van der Waals surface area (Å²) >= 11 is 0. The summed E-state index contributed by atoms with van der Waals surface area (Å²) in [6.45, 7) is 10.2. The summed E-state index contributed by atoms with van der Waals surface area (Å²) in [5.41, 5.74) is 1.29. The Balaban J connectivity index is 1.84. The zero-order valence-corrected chi connectivity index (χ0v) is 22.4. The zero-order chi connectivity index (χ0) is 28.3. The van der Waals surface area contributed by atoms with E-state index < -0.39 is 35.1 Å². The molecule has 1 aliphatic heterocycles. The van der Waals surface area contributed by atoms with E-state index in [0.717, 1.165) is 35.8 Å². The summed E-state index contributed by atoms with van der Waals surface area (Å²) in [5, 5.41) is 11.3. The molecule has 1 N–H and O–H groups in total. The standard InChI is InChI=1S/C31H32F2N2O4/c1-5-34(6-2)23-12-7-20(8-13-23)28-27(29(36)21-9-14-24(15-10-21)39-18-19(3)4)30(37)31(38)35(28)26-16-11-22(32)17-25(26)33/h7-17,19,28,36H,5-6,18H2,1-4H3/b29-27+. The third kappa shape index (κ3) is 5.65. The number of ether oxygens (including phenoxy) is 1. The van der Waals surface area contributed by atoms with E-state index >= 15 is 0 Å². The Kier molecular flexibility index (Phi) is 8.33. The molecule has 1 fully saturated rings. The van der Waals surface area contributed by atoms with Crippen molar-refractivity contribution in [1.29, 1.82) is 0 Å². The van der Waals surface area contributed by atoms with Crippen LogP contribution in [0.1, 0.15) is 44.9 Å². The Morgan fingerprint density at radius 3 is 2.18 bits per heavy atom. The van der Waals surface area contributed by atoms with Crippen molar-refractivity contribution in [3.8, 4) is 5.75 Å². The SMILES string of the molecule is CCN(CC)c1ccc(C2/C(=C(\O)c3ccc(OCC(C)C)cc3)C(=O)C(=O)N2c2ccc(F)cc2F)cc1. The molecule has 0 bridgehead atoms. The van der Waals surface area contributed by atoms with Crippen LogP contribution in [0.2, 0.25) is 0 Å². The van der Waals surface area contributed by atoms with E-state index in [1.807, 2.05) is 39.8 Å². The number of halogens is 2. The van der Waals surface area contributed by atoms with Gasteiger partial charge < -0.3 is 14.7 Å². The van der Waals surface area contributed by atoms with E-state index in [-0.39, 0.29) is 11.3 Å². The molecule has 0 aliphatic carbocycles. The summed E-state index contributed by atoms with van der Waals surface area (Å²) in [6.07, 6.45) is 0. The van der Waals surface area contributed by atoms with E-state index in [2.05, 4.69) is 4.90 Å². The Morgan fingerprint density at radius 2 is 1.62 bits per heavy atom. The van der Waals surface area contributed by atoms with E-state index in [1.54, 1.807) is 36.4 Å². The third-order valence-electron chi connectivity index (χ3n) is 6.66. The molecule has 6 nitrogen and oxygen atoms in total. The third-order valence-corrected chi connectivity index (χ3v) is 6.66. The highest BCUT2D eigenvalue weighted by Gasteiger charge is 2.47. The predicted molar refractivity (Wildman–Crippen MR) is 148 cm³/mol. The van der Waals surface area contributed by atoms with Gasteiger partial charge in [-0.25, -0.2) is 8.78 Å². The lowest BCUT2D eigenvalue weighted by Crippen LogP contribution is -2.30. The second-order valence-electron chi connectivity index (χ2n) is 9.76. The molecule has 1 unspecified atom stereocenters. The molecule has 1 amide bonds. The van der Waals surface area contributed by atoms with Gasteiger partial charge in [0, 0.05) is 30.4 Å². The number of anilines is 2. The quantitative estimate of drug-likeness (QED) is 0.194. The number of aliphatic hydroxyl groups is 1. The minimum absolute atomic E-state index is 0.185. The molecule has 1 saturated heterocycles. The van der Waals surface area contributed by atoms with Crippen molar-refractivity contribution in [3.05, 3.63) is 95.1 Å². The van der Waals surface area contributed by atoms with Gasteiger partial charge in [0.2, 0.25) is 0 Å². The number of carbonyl (C=O) groups is 2. The van der Waals surface area contributed by atoms with Gasteiger partial charge in [-0.1, -0.05) is 26.0 Å². The van der Waals surface area contributed by atoms with Gasteiger partial charge in [0.15, 0.2) is 0 Å². The first-order valence-electron chi connectivity index (χ1n) is 13.0. The molecule has 39 heavy (non-hydrogen) atoms. The van der Waals surface area contributed by atoms with Gasteiger partial charge in [0.05, 0.1) is 23.9 Å². The van der Waals surface area contributed by atoms with Gasteiger partial charge in [-0.3, -0.25) is 14.5 Å². The minimum atomic E-state index is -1.13. The van der Waals surface area contributed by atoms with E-state index in [1.165, 1.54) is 0 Å². The van der Waals surface area contributed by atoms with Crippen LogP contribution in [0.4, 0.5) is 20.2 Å². The van der Waals surface area contributed by atoms with E-state index in [4.69, 9.17) is 4.74 Å². The number of rotatable bonds is 9. The molecule has 8 heteroatoms. The second-order valence-corrected chi connectivity index (χ2v) is 9.76. The summed E-state index contributed by atoms with van der Waals surface area (Å²) in [5.74, 6) is -3.26. The van der Waals surface area contributed by atoms with Gasteiger partial charge >= 0.3 is 0 Å². The highest BCUT2D eigenvalue weighted by molar-refractivity contribution is 6.51. The van der Waals surface area contributed by atoms with E-state index in [0.29, 0.717) is 35.5 Å².